The summed E-state index contributed by atoms with van der Waals surface area (Å²) in [5, 5.41) is 0. The van der Waals surface area contributed by atoms with Crippen molar-refractivity contribution in [1.82, 2.24) is 0 Å². The zero-order valence-electron chi connectivity index (χ0n) is 43.3. The van der Waals surface area contributed by atoms with Crippen LogP contribution >= 0.6 is 0 Å². The van der Waals surface area contributed by atoms with Gasteiger partial charge in [0.1, 0.15) is 13.2 Å². The average molecular weight is 911 g/mol. The van der Waals surface area contributed by atoms with E-state index in [9.17, 15) is 14.4 Å². The number of esters is 3. The highest BCUT2D eigenvalue weighted by molar-refractivity contribution is 5.71. The molecule has 0 amide bonds. The number of unbranched alkanes of at least 4 members (excludes halogenated alkanes) is 32. The molecular formula is C59H106O6. The molecule has 0 saturated heterocycles. The Balaban J connectivity index is 4.36. The summed E-state index contributed by atoms with van der Waals surface area (Å²) in [5.41, 5.74) is 0. The van der Waals surface area contributed by atoms with Crippen LogP contribution in [0.15, 0.2) is 48.6 Å². The highest BCUT2D eigenvalue weighted by atomic mass is 16.6. The Morgan fingerprint density at radius 2 is 0.554 bits per heavy atom. The molecule has 0 rings (SSSR count). The van der Waals surface area contributed by atoms with E-state index in [-0.39, 0.29) is 31.1 Å². The molecule has 65 heavy (non-hydrogen) atoms. The van der Waals surface area contributed by atoms with Crippen molar-refractivity contribution in [3.05, 3.63) is 48.6 Å². The van der Waals surface area contributed by atoms with E-state index in [2.05, 4.69) is 69.4 Å². The van der Waals surface area contributed by atoms with Crippen molar-refractivity contribution in [2.75, 3.05) is 13.2 Å². The van der Waals surface area contributed by atoms with E-state index in [0.29, 0.717) is 19.3 Å². The van der Waals surface area contributed by atoms with E-state index in [0.717, 1.165) is 89.9 Å². The Kier molecular flexibility index (Phi) is 51.8. The lowest BCUT2D eigenvalue weighted by Gasteiger charge is -2.18. The predicted molar refractivity (Wildman–Crippen MR) is 279 cm³/mol. The number of hydrogen-bond donors (Lipinski definition) is 0. The lowest BCUT2D eigenvalue weighted by atomic mass is 10.1. The zero-order valence-corrected chi connectivity index (χ0v) is 43.3. The zero-order chi connectivity index (χ0) is 47.2. The minimum atomic E-state index is -0.783. The van der Waals surface area contributed by atoms with E-state index in [1.54, 1.807) is 0 Å². The van der Waals surface area contributed by atoms with Gasteiger partial charge in [0.25, 0.3) is 0 Å². The Morgan fingerprint density at radius 3 is 0.908 bits per heavy atom. The first-order valence-electron chi connectivity index (χ1n) is 28.1. The molecule has 0 N–H and O–H groups in total. The molecule has 0 aliphatic carbocycles. The molecule has 0 aliphatic rings. The van der Waals surface area contributed by atoms with Crippen LogP contribution in [0.2, 0.25) is 0 Å². The largest absolute Gasteiger partial charge is 0.462 e. The van der Waals surface area contributed by atoms with Crippen molar-refractivity contribution in [2.45, 2.75) is 297 Å². The predicted octanol–water partition coefficient (Wildman–Crippen LogP) is 18.7. The summed E-state index contributed by atoms with van der Waals surface area (Å²) >= 11 is 0. The van der Waals surface area contributed by atoms with Crippen molar-refractivity contribution >= 4 is 17.9 Å². The molecule has 378 valence electrons. The highest BCUT2D eigenvalue weighted by Crippen LogP contribution is 2.15. The van der Waals surface area contributed by atoms with Crippen LogP contribution < -0.4 is 0 Å². The minimum absolute atomic E-state index is 0.0812. The number of carbonyl (C=O) groups is 3. The van der Waals surface area contributed by atoms with Crippen molar-refractivity contribution < 1.29 is 28.6 Å². The minimum Gasteiger partial charge on any atom is -0.462 e. The Morgan fingerprint density at radius 1 is 0.308 bits per heavy atom. The fraction of sp³-hybridized carbons (Fsp3) is 0.814. The molecule has 1 unspecified atom stereocenters. The fourth-order valence-corrected chi connectivity index (χ4v) is 7.99. The molecular weight excluding hydrogens is 805 g/mol. The second-order valence-electron chi connectivity index (χ2n) is 18.8. The molecule has 0 aliphatic heterocycles. The summed E-state index contributed by atoms with van der Waals surface area (Å²) in [6.45, 7) is 6.60. The highest BCUT2D eigenvalue weighted by Gasteiger charge is 2.19. The molecule has 0 bridgehead atoms. The maximum Gasteiger partial charge on any atom is 0.306 e. The Hall–Kier alpha value is -2.63. The summed E-state index contributed by atoms with van der Waals surface area (Å²) in [6, 6.07) is 0. The molecule has 0 aromatic rings. The fourth-order valence-electron chi connectivity index (χ4n) is 7.99. The standard InChI is InChI=1S/C59H106O6/c1-4-7-10-13-16-19-22-25-27-28-29-30-32-34-37-40-43-46-49-52-58(61)64-55-56(54-63-57(60)51-48-45-42-39-36-33-24-21-18-15-12-9-6-3)65-59(62)53-50-47-44-41-38-35-31-26-23-20-17-14-11-8-5-2/h17,20-21,24-27,31,56H,4-16,18-19,22-23,28-30,32-55H2,1-3H3/b20-17-,24-21-,27-25-,31-26-. The van der Waals surface area contributed by atoms with Gasteiger partial charge in [-0.1, -0.05) is 217 Å². The Bertz CT molecular complexity index is 1140. The lowest BCUT2D eigenvalue weighted by molar-refractivity contribution is -0.167. The summed E-state index contributed by atoms with van der Waals surface area (Å²) in [5.74, 6) is -0.896. The molecule has 0 aromatic heterocycles. The quantitative estimate of drug-likeness (QED) is 0.0262. The average Bonchev–Trinajstić information content (AvgIpc) is 3.30. The van der Waals surface area contributed by atoms with Gasteiger partial charge in [0.05, 0.1) is 0 Å². The van der Waals surface area contributed by atoms with E-state index < -0.39 is 6.10 Å². The van der Waals surface area contributed by atoms with Crippen LogP contribution in [0.3, 0.4) is 0 Å². The first-order valence-corrected chi connectivity index (χ1v) is 28.1. The number of ether oxygens (including phenoxy) is 3. The molecule has 0 aromatic carbocycles. The van der Waals surface area contributed by atoms with Crippen LogP contribution in [0, 0.1) is 0 Å². The van der Waals surface area contributed by atoms with Crippen molar-refractivity contribution in [1.29, 1.82) is 0 Å². The van der Waals surface area contributed by atoms with Gasteiger partial charge in [-0.05, 0) is 103 Å². The maximum absolute atomic E-state index is 12.8. The van der Waals surface area contributed by atoms with Gasteiger partial charge in [-0.3, -0.25) is 14.4 Å². The normalized spacial score (nSPS) is 12.4. The number of allylic oxidation sites excluding steroid dienone is 8. The van der Waals surface area contributed by atoms with E-state index >= 15 is 0 Å². The van der Waals surface area contributed by atoms with Gasteiger partial charge in [-0.15, -0.1) is 0 Å². The van der Waals surface area contributed by atoms with Crippen molar-refractivity contribution in [3.8, 4) is 0 Å². The van der Waals surface area contributed by atoms with E-state index in [1.165, 1.54) is 161 Å². The summed E-state index contributed by atoms with van der Waals surface area (Å²) in [4.78, 5) is 38.1. The third-order valence-electron chi connectivity index (χ3n) is 12.3. The number of carbonyl (C=O) groups excluding carboxylic acids is 3. The smallest absolute Gasteiger partial charge is 0.306 e. The SMILES string of the molecule is CCCCC/C=C\C/C=C\CCCCCCCC(=O)OC(COC(=O)CCCCCCC/C=C\CCCCCC)COC(=O)CCCCCCCCCCC/C=C\CCCCCCCC. The first-order chi connectivity index (χ1) is 32.0. The number of hydrogen-bond acceptors (Lipinski definition) is 6. The van der Waals surface area contributed by atoms with Crippen molar-refractivity contribution in [3.63, 3.8) is 0 Å². The van der Waals surface area contributed by atoms with Gasteiger partial charge in [0.2, 0.25) is 0 Å². The number of rotatable bonds is 51. The molecule has 1 atom stereocenters. The second kappa shape index (κ2) is 54.0. The molecule has 0 spiro atoms. The van der Waals surface area contributed by atoms with Gasteiger partial charge in [0, 0.05) is 19.3 Å². The van der Waals surface area contributed by atoms with Crippen LogP contribution in [0.4, 0.5) is 0 Å². The third-order valence-corrected chi connectivity index (χ3v) is 12.3. The van der Waals surface area contributed by atoms with Crippen LogP contribution in [0.5, 0.6) is 0 Å². The second-order valence-corrected chi connectivity index (χ2v) is 18.8. The summed E-state index contributed by atoms with van der Waals surface area (Å²) in [6.07, 6.45) is 65.2. The van der Waals surface area contributed by atoms with Crippen LogP contribution in [-0.4, -0.2) is 37.2 Å². The van der Waals surface area contributed by atoms with Gasteiger partial charge < -0.3 is 14.2 Å². The van der Waals surface area contributed by atoms with Gasteiger partial charge in [-0.2, -0.15) is 0 Å². The summed E-state index contributed by atoms with van der Waals surface area (Å²) in [7, 11) is 0. The Labute approximate surface area is 403 Å². The molecule has 0 saturated carbocycles. The molecule has 0 heterocycles. The third kappa shape index (κ3) is 52.2. The van der Waals surface area contributed by atoms with Gasteiger partial charge in [-0.25, -0.2) is 0 Å². The summed E-state index contributed by atoms with van der Waals surface area (Å²) < 4.78 is 16.8. The van der Waals surface area contributed by atoms with E-state index in [4.69, 9.17) is 14.2 Å². The monoisotopic (exact) mass is 911 g/mol. The lowest BCUT2D eigenvalue weighted by Crippen LogP contribution is -2.30. The van der Waals surface area contributed by atoms with Crippen molar-refractivity contribution in [2.24, 2.45) is 0 Å². The first kappa shape index (κ1) is 62.4. The molecule has 6 heteroatoms. The topological polar surface area (TPSA) is 78.9 Å². The molecule has 0 fully saturated rings. The van der Waals surface area contributed by atoms with Gasteiger partial charge in [0.15, 0.2) is 6.10 Å². The van der Waals surface area contributed by atoms with Crippen LogP contribution in [-0.2, 0) is 28.6 Å². The van der Waals surface area contributed by atoms with Crippen LogP contribution in [0.25, 0.3) is 0 Å². The molecule has 6 nitrogen and oxygen atoms in total. The maximum atomic E-state index is 12.8. The molecule has 0 radical (unpaired) electrons. The van der Waals surface area contributed by atoms with Gasteiger partial charge >= 0.3 is 17.9 Å². The van der Waals surface area contributed by atoms with Crippen LogP contribution in [0.1, 0.15) is 290 Å². The van der Waals surface area contributed by atoms with E-state index in [1.807, 2.05) is 0 Å².